The largest absolute Gasteiger partial charge is 0.320 e. The Morgan fingerprint density at radius 2 is 1.80 bits per heavy atom. The lowest BCUT2D eigenvalue weighted by molar-refractivity contribution is 0.844. The topological polar surface area (TPSA) is 26.0 Å². The monoisotopic (exact) mass is 287 g/mol. The number of halogens is 1. The summed E-state index contributed by atoms with van der Waals surface area (Å²) in [5.41, 5.74) is 12.6. The van der Waals surface area contributed by atoms with E-state index in [2.05, 4.69) is 38.1 Å². The number of hydrogen-bond acceptors (Lipinski definition) is 1. The number of hydrogen-bond donors (Lipinski definition) is 1. The van der Waals surface area contributed by atoms with Crippen LogP contribution in [-0.2, 0) is 12.8 Å². The van der Waals surface area contributed by atoms with Gasteiger partial charge in [0.1, 0.15) is 0 Å². The summed E-state index contributed by atoms with van der Waals surface area (Å²) in [5, 5.41) is 0.750. The molecule has 2 heteroatoms. The SMILES string of the molecule is CCc1ccc(CC)c(C(N)c2cc(C)cc(Cl)c2)c1. The van der Waals surface area contributed by atoms with E-state index in [9.17, 15) is 0 Å². The summed E-state index contributed by atoms with van der Waals surface area (Å²) in [7, 11) is 0. The van der Waals surface area contributed by atoms with Crippen LogP contribution in [0.3, 0.4) is 0 Å². The first kappa shape index (κ1) is 15.1. The van der Waals surface area contributed by atoms with Crippen LogP contribution in [0.1, 0.15) is 47.7 Å². The molecule has 0 radical (unpaired) electrons. The van der Waals surface area contributed by atoms with Crippen molar-refractivity contribution >= 4 is 11.6 Å². The second kappa shape index (κ2) is 6.43. The van der Waals surface area contributed by atoms with E-state index < -0.39 is 0 Å². The Morgan fingerprint density at radius 3 is 2.40 bits per heavy atom. The first-order chi connectivity index (χ1) is 9.55. The highest BCUT2D eigenvalue weighted by molar-refractivity contribution is 6.30. The minimum atomic E-state index is -0.117. The highest BCUT2D eigenvalue weighted by Crippen LogP contribution is 2.27. The Kier molecular flexibility index (Phi) is 4.85. The molecule has 0 aliphatic heterocycles. The van der Waals surface area contributed by atoms with Gasteiger partial charge in [-0.2, -0.15) is 0 Å². The highest BCUT2D eigenvalue weighted by Gasteiger charge is 2.14. The van der Waals surface area contributed by atoms with Crippen molar-refractivity contribution in [2.45, 2.75) is 39.7 Å². The van der Waals surface area contributed by atoms with Crippen LogP contribution < -0.4 is 5.73 Å². The second-order valence-electron chi connectivity index (χ2n) is 5.28. The van der Waals surface area contributed by atoms with Crippen LogP contribution >= 0.6 is 11.6 Å². The van der Waals surface area contributed by atoms with Gasteiger partial charge in [0.05, 0.1) is 6.04 Å². The molecule has 0 fully saturated rings. The predicted octanol–water partition coefficient (Wildman–Crippen LogP) is 4.82. The number of benzene rings is 2. The number of aryl methyl sites for hydroxylation is 3. The maximum absolute atomic E-state index is 6.50. The molecule has 20 heavy (non-hydrogen) atoms. The Hall–Kier alpha value is -1.31. The lowest BCUT2D eigenvalue weighted by Gasteiger charge is -2.18. The number of nitrogens with two attached hydrogens (primary N) is 1. The summed E-state index contributed by atoms with van der Waals surface area (Å²) in [5.74, 6) is 0. The third-order valence-corrected chi connectivity index (χ3v) is 3.98. The minimum absolute atomic E-state index is 0.117. The lowest BCUT2D eigenvalue weighted by atomic mass is 9.91. The van der Waals surface area contributed by atoms with Crippen molar-refractivity contribution in [2.75, 3.05) is 0 Å². The van der Waals surface area contributed by atoms with Gasteiger partial charge in [0.15, 0.2) is 0 Å². The molecule has 0 saturated carbocycles. The smallest absolute Gasteiger partial charge is 0.0555 e. The Bertz CT molecular complexity index is 584. The zero-order chi connectivity index (χ0) is 14.7. The molecule has 2 N–H and O–H groups in total. The second-order valence-corrected chi connectivity index (χ2v) is 5.72. The van der Waals surface area contributed by atoms with E-state index in [1.165, 1.54) is 16.7 Å². The van der Waals surface area contributed by atoms with Gasteiger partial charge in [0.25, 0.3) is 0 Å². The Labute approximate surface area is 126 Å². The van der Waals surface area contributed by atoms with Crippen molar-refractivity contribution in [2.24, 2.45) is 5.73 Å². The molecule has 0 saturated heterocycles. The van der Waals surface area contributed by atoms with Gasteiger partial charge in [0.2, 0.25) is 0 Å². The first-order valence-corrected chi connectivity index (χ1v) is 7.57. The summed E-state index contributed by atoms with van der Waals surface area (Å²) in [4.78, 5) is 0. The maximum Gasteiger partial charge on any atom is 0.0555 e. The molecule has 2 aromatic rings. The average molecular weight is 288 g/mol. The van der Waals surface area contributed by atoms with Crippen LogP contribution in [0.4, 0.5) is 0 Å². The quantitative estimate of drug-likeness (QED) is 0.857. The molecule has 1 nitrogen and oxygen atoms in total. The van der Waals surface area contributed by atoms with Gasteiger partial charge in [-0.15, -0.1) is 0 Å². The lowest BCUT2D eigenvalue weighted by Crippen LogP contribution is -2.14. The molecule has 0 aliphatic carbocycles. The third-order valence-electron chi connectivity index (χ3n) is 3.76. The molecule has 2 rings (SSSR count). The van der Waals surface area contributed by atoms with Crippen LogP contribution in [0.2, 0.25) is 5.02 Å². The fourth-order valence-corrected chi connectivity index (χ4v) is 2.90. The summed E-state index contributed by atoms with van der Waals surface area (Å²) in [6, 6.07) is 12.6. The molecule has 0 heterocycles. The van der Waals surface area contributed by atoms with Gasteiger partial charge in [0, 0.05) is 5.02 Å². The molecule has 1 atom stereocenters. The average Bonchev–Trinajstić information content (AvgIpc) is 2.44. The van der Waals surface area contributed by atoms with Crippen molar-refractivity contribution in [3.63, 3.8) is 0 Å². The highest BCUT2D eigenvalue weighted by atomic mass is 35.5. The van der Waals surface area contributed by atoms with E-state index in [4.69, 9.17) is 17.3 Å². The molecule has 0 amide bonds. The van der Waals surface area contributed by atoms with Crippen LogP contribution in [0.5, 0.6) is 0 Å². The van der Waals surface area contributed by atoms with Crippen molar-refractivity contribution < 1.29 is 0 Å². The fraction of sp³-hybridized carbons (Fsp3) is 0.333. The van der Waals surface area contributed by atoms with E-state index in [0.717, 1.165) is 29.0 Å². The van der Waals surface area contributed by atoms with E-state index in [1.807, 2.05) is 19.1 Å². The summed E-state index contributed by atoms with van der Waals surface area (Å²) in [6.45, 7) is 6.38. The minimum Gasteiger partial charge on any atom is -0.320 e. The predicted molar refractivity (Wildman–Crippen MR) is 87.4 cm³/mol. The van der Waals surface area contributed by atoms with Crippen LogP contribution in [0.25, 0.3) is 0 Å². The van der Waals surface area contributed by atoms with E-state index in [-0.39, 0.29) is 6.04 Å². The molecule has 106 valence electrons. The van der Waals surface area contributed by atoms with Crippen LogP contribution in [0, 0.1) is 6.92 Å². The molecule has 0 aliphatic rings. The van der Waals surface area contributed by atoms with Crippen LogP contribution in [-0.4, -0.2) is 0 Å². The zero-order valence-electron chi connectivity index (χ0n) is 12.4. The molecular formula is C18H22ClN. The fourth-order valence-electron chi connectivity index (χ4n) is 2.60. The van der Waals surface area contributed by atoms with Gasteiger partial charge in [-0.3, -0.25) is 0 Å². The van der Waals surface area contributed by atoms with E-state index in [1.54, 1.807) is 0 Å². The van der Waals surface area contributed by atoms with Crippen molar-refractivity contribution in [1.29, 1.82) is 0 Å². The van der Waals surface area contributed by atoms with Gasteiger partial charge >= 0.3 is 0 Å². The molecule has 1 unspecified atom stereocenters. The molecular weight excluding hydrogens is 266 g/mol. The van der Waals surface area contributed by atoms with Gasteiger partial charge in [-0.05, 0) is 59.7 Å². The zero-order valence-corrected chi connectivity index (χ0v) is 13.2. The molecule has 0 aromatic heterocycles. The summed E-state index contributed by atoms with van der Waals surface area (Å²) in [6.07, 6.45) is 2.02. The molecule has 2 aromatic carbocycles. The normalized spacial score (nSPS) is 12.4. The standard InChI is InChI=1S/C18H22ClN/c1-4-13-6-7-14(5-2)17(10-13)18(20)15-8-12(3)9-16(19)11-15/h6-11,18H,4-5,20H2,1-3H3. The molecule has 0 spiro atoms. The Balaban J connectivity index is 2.48. The van der Waals surface area contributed by atoms with Crippen molar-refractivity contribution in [3.05, 3.63) is 69.2 Å². The van der Waals surface area contributed by atoms with Crippen molar-refractivity contribution in [3.8, 4) is 0 Å². The Morgan fingerprint density at radius 1 is 1.05 bits per heavy atom. The summed E-state index contributed by atoms with van der Waals surface area (Å²) >= 11 is 6.16. The molecule has 0 bridgehead atoms. The first-order valence-electron chi connectivity index (χ1n) is 7.19. The summed E-state index contributed by atoms with van der Waals surface area (Å²) < 4.78 is 0. The van der Waals surface area contributed by atoms with Crippen LogP contribution in [0.15, 0.2) is 36.4 Å². The van der Waals surface area contributed by atoms with Gasteiger partial charge in [-0.25, -0.2) is 0 Å². The maximum atomic E-state index is 6.50. The van der Waals surface area contributed by atoms with Crippen molar-refractivity contribution in [1.82, 2.24) is 0 Å². The van der Waals surface area contributed by atoms with E-state index >= 15 is 0 Å². The van der Waals surface area contributed by atoms with Gasteiger partial charge < -0.3 is 5.73 Å². The third kappa shape index (κ3) is 3.23. The van der Waals surface area contributed by atoms with Gasteiger partial charge in [-0.1, -0.05) is 49.7 Å². The van der Waals surface area contributed by atoms with E-state index in [0.29, 0.717) is 0 Å². The number of rotatable bonds is 4.